The molecule has 0 atom stereocenters. The van der Waals surface area contributed by atoms with E-state index < -0.39 is 18.4 Å². The highest BCUT2D eigenvalue weighted by Gasteiger charge is 2.30. The minimum absolute atomic E-state index is 0.111. The molecule has 0 saturated heterocycles. The molecule has 0 fully saturated rings. The van der Waals surface area contributed by atoms with E-state index in [1.54, 1.807) is 0 Å². The fourth-order valence-electron chi connectivity index (χ4n) is 1.64. The largest absolute Gasteiger partial charge is 0.393 e. The lowest BCUT2D eigenvalue weighted by atomic mass is 10.0. The Bertz CT molecular complexity index is 418. The molecule has 0 bridgehead atoms. The Hall–Kier alpha value is -1.58. The number of ketones is 1. The van der Waals surface area contributed by atoms with E-state index in [1.165, 1.54) is 13.0 Å². The maximum atomic E-state index is 12.2. The topological polar surface area (TPSA) is 17.1 Å². The first-order chi connectivity index (χ1) is 8.42. The Morgan fingerprint density at radius 3 is 2.33 bits per heavy atom. The van der Waals surface area contributed by atoms with Crippen molar-refractivity contribution in [3.05, 3.63) is 47.5 Å². The van der Waals surface area contributed by atoms with Gasteiger partial charge in [-0.25, -0.2) is 0 Å². The van der Waals surface area contributed by atoms with Gasteiger partial charge in [-0.1, -0.05) is 36.4 Å². The van der Waals surface area contributed by atoms with Crippen molar-refractivity contribution in [3.63, 3.8) is 0 Å². The van der Waals surface area contributed by atoms with E-state index in [9.17, 15) is 18.0 Å². The first kappa shape index (κ1) is 14.5. The number of rotatable bonds is 5. The van der Waals surface area contributed by atoms with Gasteiger partial charge in [0, 0.05) is 6.42 Å². The van der Waals surface area contributed by atoms with Crippen LogP contribution in [-0.4, -0.2) is 12.0 Å². The highest BCUT2D eigenvalue weighted by molar-refractivity contribution is 5.95. The summed E-state index contributed by atoms with van der Waals surface area (Å²) in [7, 11) is 0. The molecule has 0 spiro atoms. The third-order valence-corrected chi connectivity index (χ3v) is 2.58. The highest BCUT2D eigenvalue weighted by Crippen LogP contribution is 2.25. The molecule has 0 aromatic heterocycles. The summed E-state index contributed by atoms with van der Waals surface area (Å²) in [6, 6.07) is 9.24. The maximum Gasteiger partial charge on any atom is 0.393 e. The average molecular weight is 256 g/mol. The number of hydrogen-bond acceptors (Lipinski definition) is 1. The van der Waals surface area contributed by atoms with Gasteiger partial charge in [-0.2, -0.15) is 13.2 Å². The molecule has 1 aromatic carbocycles. The van der Waals surface area contributed by atoms with Crippen LogP contribution in [-0.2, 0) is 11.2 Å². The number of carbonyl (C=O) groups excluding carboxylic acids is 1. The Labute approximate surface area is 104 Å². The second-order valence-corrected chi connectivity index (χ2v) is 4.01. The summed E-state index contributed by atoms with van der Waals surface area (Å²) >= 11 is 0. The van der Waals surface area contributed by atoms with Crippen molar-refractivity contribution < 1.29 is 18.0 Å². The number of Topliss-reactive ketones (excluding diaryl/α,β-unsaturated/α-hetero) is 1. The van der Waals surface area contributed by atoms with Gasteiger partial charge < -0.3 is 0 Å². The predicted octanol–water partition coefficient (Wildman–Crippen LogP) is 4.09. The van der Waals surface area contributed by atoms with Gasteiger partial charge in [-0.05, 0) is 24.5 Å². The molecule has 18 heavy (non-hydrogen) atoms. The van der Waals surface area contributed by atoms with Crippen molar-refractivity contribution in [2.75, 3.05) is 0 Å². The molecule has 1 nitrogen and oxygen atoms in total. The van der Waals surface area contributed by atoms with Crippen molar-refractivity contribution in [1.82, 2.24) is 0 Å². The van der Waals surface area contributed by atoms with Crippen LogP contribution in [0.5, 0.6) is 0 Å². The molecule has 0 N–H and O–H groups in total. The Kier molecular flexibility index (Phi) is 5.13. The van der Waals surface area contributed by atoms with Crippen molar-refractivity contribution in [2.24, 2.45) is 0 Å². The molecule has 0 heterocycles. The predicted molar refractivity (Wildman–Crippen MR) is 64.2 cm³/mol. The smallest absolute Gasteiger partial charge is 0.295 e. The Morgan fingerprint density at radius 2 is 1.83 bits per heavy atom. The summed E-state index contributed by atoms with van der Waals surface area (Å²) in [5, 5.41) is 0. The third kappa shape index (κ3) is 5.17. The monoisotopic (exact) mass is 256 g/mol. The van der Waals surface area contributed by atoms with Crippen LogP contribution in [0.25, 0.3) is 0 Å². The first-order valence-electron chi connectivity index (χ1n) is 5.71. The summed E-state index contributed by atoms with van der Waals surface area (Å²) in [6.45, 7) is 1.46. The van der Waals surface area contributed by atoms with Crippen LogP contribution in [0.4, 0.5) is 13.2 Å². The zero-order valence-electron chi connectivity index (χ0n) is 10.1. The lowest BCUT2D eigenvalue weighted by molar-refractivity contribution is -0.133. The van der Waals surface area contributed by atoms with Gasteiger partial charge >= 0.3 is 6.18 Å². The zero-order valence-corrected chi connectivity index (χ0v) is 10.1. The third-order valence-electron chi connectivity index (χ3n) is 2.58. The number of hydrogen-bond donors (Lipinski definition) is 0. The van der Waals surface area contributed by atoms with E-state index in [1.807, 2.05) is 30.3 Å². The van der Waals surface area contributed by atoms with Crippen molar-refractivity contribution >= 4 is 5.78 Å². The van der Waals surface area contributed by atoms with E-state index in [0.29, 0.717) is 6.42 Å². The van der Waals surface area contributed by atoms with Crippen LogP contribution >= 0.6 is 0 Å². The molecule has 98 valence electrons. The lowest BCUT2D eigenvalue weighted by Gasteiger charge is -2.09. The minimum atomic E-state index is -4.33. The van der Waals surface area contributed by atoms with Gasteiger partial charge in [0.2, 0.25) is 0 Å². The van der Waals surface area contributed by atoms with E-state index in [-0.39, 0.29) is 12.0 Å². The van der Waals surface area contributed by atoms with Crippen LogP contribution in [0.3, 0.4) is 0 Å². The molecular weight excluding hydrogens is 241 g/mol. The van der Waals surface area contributed by atoms with Gasteiger partial charge in [-0.3, -0.25) is 4.79 Å². The quantitative estimate of drug-likeness (QED) is 0.725. The molecule has 1 aromatic rings. The van der Waals surface area contributed by atoms with Crippen molar-refractivity contribution in [2.45, 2.75) is 32.4 Å². The summed E-state index contributed by atoms with van der Waals surface area (Å²) in [6.07, 6.45) is -3.64. The molecule has 0 aliphatic heterocycles. The second-order valence-electron chi connectivity index (χ2n) is 4.01. The molecule has 1 rings (SSSR count). The minimum Gasteiger partial charge on any atom is -0.295 e. The Morgan fingerprint density at radius 1 is 1.22 bits per heavy atom. The lowest BCUT2D eigenvalue weighted by Crippen LogP contribution is -2.14. The van der Waals surface area contributed by atoms with E-state index in [2.05, 4.69) is 0 Å². The number of halogens is 3. The molecule has 0 radical (unpaired) electrons. The van der Waals surface area contributed by atoms with Crippen molar-refractivity contribution in [1.29, 1.82) is 0 Å². The van der Waals surface area contributed by atoms with Gasteiger partial charge in [0.1, 0.15) is 0 Å². The van der Waals surface area contributed by atoms with Gasteiger partial charge in [-0.15, -0.1) is 0 Å². The van der Waals surface area contributed by atoms with Crippen LogP contribution in [0.2, 0.25) is 0 Å². The molecule has 0 unspecified atom stereocenters. The van der Waals surface area contributed by atoms with E-state index >= 15 is 0 Å². The summed E-state index contributed by atoms with van der Waals surface area (Å²) in [4.78, 5) is 11.7. The fourth-order valence-corrected chi connectivity index (χ4v) is 1.64. The number of carbonyl (C=O) groups is 1. The second kappa shape index (κ2) is 6.38. The Balaban J connectivity index is 2.54. The summed E-state index contributed by atoms with van der Waals surface area (Å²) in [5.41, 5.74) is 0.798. The number of alkyl halides is 3. The molecule has 0 aliphatic carbocycles. The van der Waals surface area contributed by atoms with E-state index in [0.717, 1.165) is 5.56 Å². The summed E-state index contributed by atoms with van der Waals surface area (Å²) < 4.78 is 36.7. The molecule has 0 aliphatic rings. The standard InChI is InChI=1S/C14H15F3O/c1-2-12(10-14(15,16)17)13(18)9-8-11-6-4-3-5-7-11/h2-7H,8-10H2,1H3/b12-2+. The molecule has 0 saturated carbocycles. The van der Waals surface area contributed by atoms with Crippen LogP contribution < -0.4 is 0 Å². The average Bonchev–Trinajstić information content (AvgIpc) is 2.33. The van der Waals surface area contributed by atoms with Crippen LogP contribution in [0, 0.1) is 0 Å². The number of benzene rings is 1. The highest BCUT2D eigenvalue weighted by atomic mass is 19.4. The van der Waals surface area contributed by atoms with Crippen LogP contribution in [0.1, 0.15) is 25.3 Å². The van der Waals surface area contributed by atoms with Crippen LogP contribution in [0.15, 0.2) is 42.0 Å². The zero-order chi connectivity index (χ0) is 13.6. The maximum absolute atomic E-state index is 12.2. The number of aryl methyl sites for hydroxylation is 1. The normalized spacial score (nSPS) is 12.6. The van der Waals surface area contributed by atoms with Crippen molar-refractivity contribution in [3.8, 4) is 0 Å². The first-order valence-corrected chi connectivity index (χ1v) is 5.71. The fraction of sp³-hybridized carbons (Fsp3) is 0.357. The summed E-state index contributed by atoms with van der Waals surface area (Å²) in [5.74, 6) is -0.432. The molecular formula is C14H15F3O. The molecule has 4 heteroatoms. The van der Waals surface area contributed by atoms with E-state index in [4.69, 9.17) is 0 Å². The van der Waals surface area contributed by atoms with Gasteiger partial charge in [0.15, 0.2) is 5.78 Å². The molecule has 0 amide bonds. The number of allylic oxidation sites excluding steroid dienone is 2. The van der Waals surface area contributed by atoms with Gasteiger partial charge in [0.05, 0.1) is 6.42 Å². The van der Waals surface area contributed by atoms with Gasteiger partial charge in [0.25, 0.3) is 0 Å². The SMILES string of the molecule is C/C=C(\CC(F)(F)F)C(=O)CCc1ccccc1.